The third kappa shape index (κ3) is 2.67. The Kier molecular flexibility index (Phi) is 4.50. The van der Waals surface area contributed by atoms with Crippen LogP contribution in [0.4, 0.5) is 5.82 Å². The number of carboxylic acids is 1. The molecule has 0 spiro atoms. The van der Waals surface area contributed by atoms with Gasteiger partial charge in [-0.15, -0.1) is 0 Å². The Morgan fingerprint density at radius 3 is 2.79 bits per heavy atom. The second-order valence-electron chi connectivity index (χ2n) is 2.53. The summed E-state index contributed by atoms with van der Waals surface area (Å²) in [4.78, 5) is 25.0. The van der Waals surface area contributed by atoms with Crippen LogP contribution in [-0.2, 0) is 32.4 Å². The number of rotatable bonds is 2. The van der Waals surface area contributed by atoms with Crippen molar-refractivity contribution in [1.82, 2.24) is 9.55 Å². The van der Waals surface area contributed by atoms with Crippen LogP contribution in [0.5, 0.6) is 0 Å². The SMILES string of the molecule is Cc1cnc([NH-])c(=O)n1CC(=O)O.[W]. The summed E-state index contributed by atoms with van der Waals surface area (Å²) in [5.74, 6) is -1.55. The first kappa shape index (κ1) is 12.8. The van der Waals surface area contributed by atoms with E-state index in [1.165, 1.54) is 6.20 Å². The second-order valence-corrected chi connectivity index (χ2v) is 2.53. The zero-order valence-electron chi connectivity index (χ0n) is 7.35. The molecule has 0 fully saturated rings. The molecule has 0 bridgehead atoms. The maximum Gasteiger partial charge on any atom is 0.323 e. The predicted molar refractivity (Wildman–Crippen MR) is 44.9 cm³/mol. The number of carboxylic acid groups (broad SMARTS) is 1. The summed E-state index contributed by atoms with van der Waals surface area (Å²) in [6.45, 7) is 1.13. The Hall–Kier alpha value is -1.16. The Morgan fingerprint density at radius 1 is 1.71 bits per heavy atom. The van der Waals surface area contributed by atoms with E-state index < -0.39 is 23.9 Å². The van der Waals surface area contributed by atoms with E-state index in [0.29, 0.717) is 5.69 Å². The molecule has 14 heavy (non-hydrogen) atoms. The summed E-state index contributed by atoms with van der Waals surface area (Å²) >= 11 is 0. The molecule has 76 valence electrons. The van der Waals surface area contributed by atoms with Crippen LogP contribution in [0, 0.1) is 6.92 Å². The minimum atomic E-state index is -1.11. The summed E-state index contributed by atoms with van der Waals surface area (Å²) < 4.78 is 0.998. The first-order chi connectivity index (χ1) is 6.02. The summed E-state index contributed by atoms with van der Waals surface area (Å²) in [5, 5.41) is 8.47. The van der Waals surface area contributed by atoms with E-state index in [2.05, 4.69) is 4.98 Å². The van der Waals surface area contributed by atoms with Crippen molar-refractivity contribution in [2.45, 2.75) is 13.5 Å². The molecule has 0 saturated carbocycles. The zero-order chi connectivity index (χ0) is 10.0. The van der Waals surface area contributed by atoms with Gasteiger partial charge in [0.2, 0.25) is 5.56 Å². The first-order valence-corrected chi connectivity index (χ1v) is 3.52. The van der Waals surface area contributed by atoms with Gasteiger partial charge in [-0.25, -0.2) is 0 Å². The Bertz CT molecular complexity index is 402. The molecule has 0 aliphatic heterocycles. The molecule has 1 rings (SSSR count). The maximum absolute atomic E-state index is 11.2. The van der Waals surface area contributed by atoms with Crippen LogP contribution in [0.25, 0.3) is 5.73 Å². The molecular weight excluding hydrogens is 358 g/mol. The normalized spacial score (nSPS) is 9.21. The largest absolute Gasteiger partial charge is 0.480 e. The molecule has 2 N–H and O–H groups in total. The standard InChI is InChI=1S/C7H9N3O3.W/c1-4-2-9-6(8)7(13)10(4)3-5(11)12;/h2H,3H2,1H3,(H3,8,9,11,12);/p-1. The van der Waals surface area contributed by atoms with E-state index in [1.807, 2.05) is 0 Å². The average molecular weight is 366 g/mol. The van der Waals surface area contributed by atoms with Gasteiger partial charge in [0.05, 0.1) is 0 Å². The van der Waals surface area contributed by atoms with Gasteiger partial charge in [0.1, 0.15) is 6.54 Å². The van der Waals surface area contributed by atoms with Crippen molar-refractivity contribution >= 4 is 11.8 Å². The van der Waals surface area contributed by atoms with E-state index in [4.69, 9.17) is 10.8 Å². The van der Waals surface area contributed by atoms with Gasteiger partial charge in [0.15, 0.2) is 0 Å². The van der Waals surface area contributed by atoms with Crippen molar-refractivity contribution in [3.63, 3.8) is 0 Å². The molecular formula is C7H8N3O3W-. The molecule has 0 unspecified atom stereocenters. The van der Waals surface area contributed by atoms with Crippen molar-refractivity contribution in [3.05, 3.63) is 28.0 Å². The fourth-order valence-electron chi connectivity index (χ4n) is 0.903. The molecule has 0 aliphatic rings. The van der Waals surface area contributed by atoms with Gasteiger partial charge in [-0.3, -0.25) is 9.59 Å². The van der Waals surface area contributed by atoms with Gasteiger partial charge < -0.3 is 20.4 Å². The monoisotopic (exact) mass is 366 g/mol. The van der Waals surface area contributed by atoms with Crippen LogP contribution >= 0.6 is 0 Å². The molecule has 6 nitrogen and oxygen atoms in total. The average Bonchev–Trinajstić information content (AvgIpc) is 2.05. The summed E-state index contributed by atoms with van der Waals surface area (Å²) in [7, 11) is 0. The van der Waals surface area contributed by atoms with Gasteiger partial charge in [0, 0.05) is 32.6 Å². The van der Waals surface area contributed by atoms with E-state index in [-0.39, 0.29) is 21.1 Å². The van der Waals surface area contributed by atoms with Crippen molar-refractivity contribution in [2.24, 2.45) is 0 Å². The summed E-state index contributed by atoms with van der Waals surface area (Å²) in [6.07, 6.45) is 1.30. The van der Waals surface area contributed by atoms with Gasteiger partial charge in [-0.05, 0) is 6.92 Å². The number of nitrogens with zero attached hydrogens (tertiary/aromatic N) is 2. The van der Waals surface area contributed by atoms with Gasteiger partial charge in [-0.1, -0.05) is 6.20 Å². The fourth-order valence-corrected chi connectivity index (χ4v) is 0.903. The number of aryl methyl sites for hydroxylation is 1. The van der Waals surface area contributed by atoms with Gasteiger partial charge in [-0.2, -0.15) is 0 Å². The molecule has 0 saturated heterocycles. The predicted octanol–water partition coefficient (Wildman–Crippen LogP) is 0.318. The number of hydrogen-bond donors (Lipinski definition) is 1. The number of hydrogen-bond acceptors (Lipinski definition) is 3. The van der Waals surface area contributed by atoms with Crippen molar-refractivity contribution in [2.75, 3.05) is 0 Å². The summed E-state index contributed by atoms with van der Waals surface area (Å²) in [5.41, 5.74) is 6.82. The molecule has 1 aromatic heterocycles. The van der Waals surface area contributed by atoms with Gasteiger partial charge >= 0.3 is 5.97 Å². The summed E-state index contributed by atoms with van der Waals surface area (Å²) in [6, 6.07) is 0. The Labute approximate surface area is 94.0 Å². The Balaban J connectivity index is 0.00000169. The molecule has 0 amide bonds. The molecule has 0 aromatic carbocycles. The zero-order valence-corrected chi connectivity index (χ0v) is 10.3. The van der Waals surface area contributed by atoms with Crippen molar-refractivity contribution < 1.29 is 31.0 Å². The van der Waals surface area contributed by atoms with Gasteiger partial charge in [0.25, 0.3) is 0 Å². The molecule has 1 aromatic rings. The first-order valence-electron chi connectivity index (χ1n) is 3.52. The second kappa shape index (κ2) is 4.90. The minimum Gasteiger partial charge on any atom is -0.480 e. The third-order valence-electron chi connectivity index (χ3n) is 1.55. The number of nitrogens with one attached hydrogen (secondary N) is 1. The van der Waals surface area contributed by atoms with E-state index in [1.54, 1.807) is 6.92 Å². The molecule has 1 heterocycles. The van der Waals surface area contributed by atoms with E-state index >= 15 is 0 Å². The van der Waals surface area contributed by atoms with E-state index in [0.717, 1.165) is 4.57 Å². The smallest absolute Gasteiger partial charge is 0.323 e. The third-order valence-corrected chi connectivity index (χ3v) is 1.55. The van der Waals surface area contributed by atoms with Crippen LogP contribution in [-0.4, -0.2) is 20.6 Å². The van der Waals surface area contributed by atoms with E-state index in [9.17, 15) is 9.59 Å². The fraction of sp³-hybridized carbons (Fsp3) is 0.286. The topological polar surface area (TPSA) is 96.0 Å². The number of carbonyl (C=O) groups is 1. The molecule has 0 radical (unpaired) electrons. The maximum atomic E-state index is 11.2. The van der Waals surface area contributed by atoms with Crippen molar-refractivity contribution in [1.29, 1.82) is 0 Å². The number of aromatic nitrogens is 2. The molecule has 0 atom stereocenters. The van der Waals surface area contributed by atoms with Crippen LogP contribution in [0.1, 0.15) is 5.69 Å². The van der Waals surface area contributed by atoms with Crippen LogP contribution in [0.2, 0.25) is 0 Å². The van der Waals surface area contributed by atoms with Crippen LogP contribution in [0.3, 0.4) is 0 Å². The Morgan fingerprint density at radius 2 is 2.29 bits per heavy atom. The number of aliphatic carboxylic acids is 1. The quantitative estimate of drug-likeness (QED) is 0.816. The molecule has 0 aliphatic carbocycles. The van der Waals surface area contributed by atoms with Crippen molar-refractivity contribution in [3.8, 4) is 0 Å². The molecule has 7 heteroatoms. The van der Waals surface area contributed by atoms with Crippen LogP contribution in [0.15, 0.2) is 11.0 Å². The minimum absolute atomic E-state index is 0. The van der Waals surface area contributed by atoms with Crippen LogP contribution < -0.4 is 5.56 Å².